The van der Waals surface area contributed by atoms with Crippen LogP contribution in [0.25, 0.3) is 0 Å². The molecule has 36 heavy (non-hydrogen) atoms. The molecular weight excluding hydrogens is 470 g/mol. The quantitative estimate of drug-likeness (QED) is 0.300. The van der Waals surface area contributed by atoms with Crippen molar-refractivity contribution >= 4 is 24.4 Å². The summed E-state index contributed by atoms with van der Waals surface area (Å²) in [4.78, 5) is 14.5. The van der Waals surface area contributed by atoms with E-state index in [1.54, 1.807) is 0 Å². The molecule has 5 fully saturated rings. The molecule has 0 spiro atoms. The maximum absolute atomic E-state index is 12.2. The minimum absolute atomic E-state index is 0.00443. The monoisotopic (exact) mass is 507 g/mol. The lowest BCUT2D eigenvalue weighted by Gasteiger charge is -2.55. The fourth-order valence-electron chi connectivity index (χ4n) is 7.73. The second-order valence-electron chi connectivity index (χ2n) is 11.6. The lowest BCUT2D eigenvalue weighted by atomic mass is 9.49. The zero-order chi connectivity index (χ0) is 24.7. The zero-order valence-corrected chi connectivity index (χ0v) is 22.0. The Morgan fingerprint density at radius 2 is 1.75 bits per heavy atom. The molecule has 0 unspecified atom stereocenters. The first kappa shape index (κ1) is 24.0. The molecule has 4 bridgehead atoms. The van der Waals surface area contributed by atoms with Crippen LogP contribution < -0.4 is 0 Å². The van der Waals surface area contributed by atoms with Crippen molar-refractivity contribution in [3.05, 3.63) is 46.5 Å². The third-order valence-corrected chi connectivity index (χ3v) is 9.38. The molecule has 1 aromatic carbocycles. The highest BCUT2D eigenvalue weighted by Gasteiger charge is 2.54. The van der Waals surface area contributed by atoms with Crippen LogP contribution in [-0.2, 0) is 21.6 Å². The van der Waals surface area contributed by atoms with E-state index in [-0.39, 0.29) is 17.3 Å². The van der Waals surface area contributed by atoms with Gasteiger partial charge in [0.1, 0.15) is 0 Å². The van der Waals surface area contributed by atoms with Crippen LogP contribution in [0.3, 0.4) is 0 Å². The molecule has 5 aliphatic rings. The maximum Gasteiger partial charge on any atom is 0.309 e. The number of hydrogen-bond acceptors (Lipinski definition) is 6. The van der Waals surface area contributed by atoms with Gasteiger partial charge in [0.25, 0.3) is 0 Å². The Morgan fingerprint density at radius 1 is 1.11 bits per heavy atom. The van der Waals surface area contributed by atoms with E-state index in [4.69, 9.17) is 27.2 Å². The number of piperidine rings is 1. The first-order chi connectivity index (χ1) is 17.5. The molecule has 192 valence electrons. The molecular formula is C28H37N5O2S. The number of nitrogens with zero attached hydrogens (tertiary/aromatic N) is 5. The molecule has 1 aliphatic heterocycles. The molecule has 2 heterocycles. The summed E-state index contributed by atoms with van der Waals surface area (Å²) in [7, 11) is 0. The smallest absolute Gasteiger partial charge is 0.309 e. The summed E-state index contributed by atoms with van der Waals surface area (Å²) in [6.07, 6.45) is 11.4. The third kappa shape index (κ3) is 4.58. The number of aromatic nitrogens is 3. The highest BCUT2D eigenvalue weighted by atomic mass is 32.1. The Labute approximate surface area is 218 Å². The number of likely N-dealkylation sites (tertiary alicyclic amines) is 1. The van der Waals surface area contributed by atoms with Crippen molar-refractivity contribution in [3.63, 3.8) is 0 Å². The van der Waals surface area contributed by atoms with Crippen LogP contribution in [0.5, 0.6) is 0 Å². The molecule has 7 nitrogen and oxygen atoms in total. The van der Waals surface area contributed by atoms with Crippen LogP contribution in [0, 0.1) is 28.4 Å². The predicted octanol–water partition coefficient (Wildman–Crippen LogP) is 5.00. The minimum atomic E-state index is -0.0580. The molecule has 4 aliphatic carbocycles. The molecule has 0 atom stereocenters. The zero-order valence-electron chi connectivity index (χ0n) is 21.2. The van der Waals surface area contributed by atoms with Crippen LogP contribution in [0.15, 0.2) is 35.4 Å². The average Bonchev–Trinajstić information content (AvgIpc) is 3.19. The van der Waals surface area contributed by atoms with E-state index in [0.29, 0.717) is 18.0 Å². The predicted molar refractivity (Wildman–Crippen MR) is 141 cm³/mol. The molecule has 7 rings (SSSR count). The topological polar surface area (TPSA) is 64.7 Å². The minimum Gasteiger partial charge on any atom is -0.466 e. The van der Waals surface area contributed by atoms with E-state index in [0.717, 1.165) is 55.1 Å². The summed E-state index contributed by atoms with van der Waals surface area (Å²) in [5.74, 6) is 3.48. The Bertz CT molecular complexity index is 1140. The number of rotatable bonds is 7. The van der Waals surface area contributed by atoms with Gasteiger partial charge in [-0.2, -0.15) is 14.9 Å². The largest absolute Gasteiger partial charge is 0.466 e. The van der Waals surface area contributed by atoms with Crippen LogP contribution in [-0.4, -0.2) is 51.2 Å². The van der Waals surface area contributed by atoms with Crippen molar-refractivity contribution in [1.82, 2.24) is 19.4 Å². The highest BCUT2D eigenvalue weighted by Crippen LogP contribution is 2.60. The molecule has 0 radical (unpaired) electrons. The SMILES string of the molecule is CCOC(=O)C1CCN(Cn2nc(C34CC5CC(CC(C5)C3)C4)n(/N=C/c3ccccc3)c2=S)CC1. The normalized spacial score (nSPS) is 30.3. The summed E-state index contributed by atoms with van der Waals surface area (Å²) in [6.45, 7) is 4.65. The fraction of sp³-hybridized carbons (Fsp3) is 0.643. The van der Waals surface area contributed by atoms with Gasteiger partial charge in [-0.15, -0.1) is 0 Å². The van der Waals surface area contributed by atoms with Gasteiger partial charge in [-0.1, -0.05) is 30.3 Å². The summed E-state index contributed by atoms with van der Waals surface area (Å²) >= 11 is 6.00. The molecule has 4 saturated carbocycles. The Morgan fingerprint density at radius 3 is 2.36 bits per heavy atom. The van der Waals surface area contributed by atoms with Gasteiger partial charge in [-0.25, -0.2) is 4.68 Å². The molecule has 0 N–H and O–H groups in total. The lowest BCUT2D eigenvalue weighted by Crippen LogP contribution is -2.49. The maximum atomic E-state index is 12.2. The van der Waals surface area contributed by atoms with Crippen molar-refractivity contribution in [2.45, 2.75) is 70.4 Å². The number of carbonyl (C=O) groups is 1. The van der Waals surface area contributed by atoms with Crippen LogP contribution in [0.2, 0.25) is 0 Å². The van der Waals surface area contributed by atoms with Gasteiger partial charge >= 0.3 is 5.97 Å². The van der Waals surface area contributed by atoms with Gasteiger partial charge in [0, 0.05) is 18.5 Å². The number of ether oxygens (including phenoxy) is 1. The Kier molecular flexibility index (Phi) is 6.58. The third-order valence-electron chi connectivity index (χ3n) is 8.99. The van der Waals surface area contributed by atoms with Crippen molar-refractivity contribution in [2.75, 3.05) is 19.7 Å². The molecule has 1 aromatic heterocycles. The summed E-state index contributed by atoms with van der Waals surface area (Å²) in [6, 6.07) is 10.2. The van der Waals surface area contributed by atoms with Crippen LogP contribution in [0.4, 0.5) is 0 Å². The van der Waals surface area contributed by atoms with Crippen molar-refractivity contribution < 1.29 is 9.53 Å². The van der Waals surface area contributed by atoms with E-state index >= 15 is 0 Å². The Balaban J connectivity index is 1.28. The standard InChI is InChI=1S/C28H37N5O2S/c1-2-35-25(34)24-8-10-31(11-9-24)19-32-27(36)33(29-18-20-6-4-3-5-7-20)26(30-32)28-15-21-12-22(16-28)14-23(13-21)17-28/h3-7,18,21-24H,2,8-17,19H2,1H3/b29-18+. The second-order valence-corrected chi connectivity index (χ2v) is 11.9. The van der Waals surface area contributed by atoms with Crippen molar-refractivity contribution in [1.29, 1.82) is 0 Å². The number of carbonyl (C=O) groups excluding carboxylic acids is 1. The van der Waals surface area contributed by atoms with E-state index in [2.05, 4.69) is 17.0 Å². The van der Waals surface area contributed by atoms with Gasteiger partial charge in [0.2, 0.25) is 4.77 Å². The summed E-state index contributed by atoms with van der Waals surface area (Å²) < 4.78 is 9.87. The van der Waals surface area contributed by atoms with E-state index in [1.807, 2.05) is 40.7 Å². The molecule has 0 amide bonds. The Hall–Kier alpha value is -2.32. The van der Waals surface area contributed by atoms with E-state index in [9.17, 15) is 4.79 Å². The van der Waals surface area contributed by atoms with Gasteiger partial charge in [-0.3, -0.25) is 9.69 Å². The molecule has 2 aromatic rings. The second kappa shape index (κ2) is 9.86. The first-order valence-corrected chi connectivity index (χ1v) is 14.1. The highest BCUT2D eigenvalue weighted by molar-refractivity contribution is 7.71. The van der Waals surface area contributed by atoms with Gasteiger partial charge < -0.3 is 4.74 Å². The molecule has 8 heteroatoms. The van der Waals surface area contributed by atoms with Gasteiger partial charge in [-0.05, 0) is 93.8 Å². The van der Waals surface area contributed by atoms with Crippen molar-refractivity contribution in [2.24, 2.45) is 28.8 Å². The van der Waals surface area contributed by atoms with E-state index < -0.39 is 0 Å². The molecule has 1 saturated heterocycles. The van der Waals surface area contributed by atoms with E-state index in [1.165, 1.54) is 38.5 Å². The van der Waals surface area contributed by atoms with Crippen LogP contribution in [0.1, 0.15) is 69.7 Å². The van der Waals surface area contributed by atoms with Gasteiger partial charge in [0.05, 0.1) is 25.4 Å². The number of esters is 1. The van der Waals surface area contributed by atoms with Gasteiger partial charge in [0.15, 0.2) is 5.82 Å². The first-order valence-electron chi connectivity index (χ1n) is 13.7. The number of benzene rings is 1. The lowest BCUT2D eigenvalue weighted by molar-refractivity contribution is -0.149. The fourth-order valence-corrected chi connectivity index (χ4v) is 7.97. The van der Waals surface area contributed by atoms with Crippen LogP contribution >= 0.6 is 12.2 Å². The summed E-state index contributed by atoms with van der Waals surface area (Å²) in [5, 5.41) is 10.1. The van der Waals surface area contributed by atoms with Crippen molar-refractivity contribution in [3.8, 4) is 0 Å². The summed E-state index contributed by atoms with van der Waals surface area (Å²) in [5.41, 5.74) is 1.16. The average molecular weight is 508 g/mol. The number of hydrogen-bond donors (Lipinski definition) is 0.